The van der Waals surface area contributed by atoms with Crippen molar-refractivity contribution < 1.29 is 33.8 Å². The van der Waals surface area contributed by atoms with Gasteiger partial charge in [-0.3, -0.25) is 19.2 Å². The minimum Gasteiger partial charge on any atom is -0.460 e. The van der Waals surface area contributed by atoms with E-state index in [1.54, 1.807) is 28.9 Å². The summed E-state index contributed by atoms with van der Waals surface area (Å²) in [5.74, 6) is -3.01. The summed E-state index contributed by atoms with van der Waals surface area (Å²) < 4.78 is 12.3. The van der Waals surface area contributed by atoms with Crippen LogP contribution in [0.25, 0.3) is 0 Å². The fraction of sp³-hybridized carbons (Fsp3) is 0.576. The number of esters is 1. The summed E-state index contributed by atoms with van der Waals surface area (Å²) in [5, 5.41) is 12.2. The van der Waals surface area contributed by atoms with Crippen LogP contribution < -0.4 is 10.2 Å². The number of nitrogens with zero attached hydrogens (tertiary/aromatic N) is 2. The van der Waals surface area contributed by atoms with Crippen LogP contribution in [0.1, 0.15) is 56.6 Å². The molecule has 0 radical (unpaired) electrons. The number of ether oxygens (including phenoxy) is 2. The molecule has 0 aromatic heterocycles. The molecule has 1 spiro atoms. The maximum Gasteiger partial charge on any atom is 0.312 e. The van der Waals surface area contributed by atoms with E-state index in [9.17, 15) is 24.3 Å². The maximum atomic E-state index is 14.6. The number of rotatable bonds is 15. The molecule has 234 valence electrons. The first-order valence-corrected chi connectivity index (χ1v) is 15.3. The predicted molar refractivity (Wildman–Crippen MR) is 162 cm³/mol. The Kier molecular flexibility index (Phi) is 10.4. The van der Waals surface area contributed by atoms with Crippen LogP contribution in [0, 0.1) is 25.7 Å². The summed E-state index contributed by atoms with van der Waals surface area (Å²) >= 11 is 0. The first kappa shape index (κ1) is 32.4. The van der Waals surface area contributed by atoms with Gasteiger partial charge in [0.05, 0.1) is 24.5 Å². The zero-order valence-electron chi connectivity index (χ0n) is 25.5. The maximum absolute atomic E-state index is 14.6. The van der Waals surface area contributed by atoms with Crippen molar-refractivity contribution >= 4 is 29.4 Å². The number of aliphatic hydroxyl groups excluding tert-OH is 1. The Hall–Kier alpha value is -3.50. The minimum absolute atomic E-state index is 0.0320. The van der Waals surface area contributed by atoms with Crippen LogP contribution in [0.2, 0.25) is 0 Å². The van der Waals surface area contributed by atoms with E-state index in [-0.39, 0.29) is 44.0 Å². The molecule has 2 bridgehead atoms. The van der Waals surface area contributed by atoms with E-state index in [2.05, 4.69) is 18.5 Å². The monoisotopic (exact) mass is 595 g/mol. The van der Waals surface area contributed by atoms with Gasteiger partial charge in [-0.2, -0.15) is 0 Å². The number of hydrogen-bond donors (Lipinski definition) is 2. The topological polar surface area (TPSA) is 125 Å². The van der Waals surface area contributed by atoms with Crippen molar-refractivity contribution in [1.82, 2.24) is 10.2 Å². The van der Waals surface area contributed by atoms with Crippen LogP contribution >= 0.6 is 0 Å². The smallest absolute Gasteiger partial charge is 0.312 e. The third kappa shape index (κ3) is 6.26. The highest BCUT2D eigenvalue weighted by Gasteiger charge is 2.75. The van der Waals surface area contributed by atoms with Crippen LogP contribution in [-0.2, 0) is 28.7 Å². The summed E-state index contributed by atoms with van der Waals surface area (Å²) in [6, 6.07) is 4.88. The number of allylic oxidation sites excluding steroid dienone is 1. The molecule has 1 aromatic carbocycles. The van der Waals surface area contributed by atoms with Crippen molar-refractivity contribution in [2.45, 2.75) is 83.1 Å². The molecule has 0 aliphatic carbocycles. The average Bonchev–Trinajstić information content (AvgIpc) is 3.61. The lowest BCUT2D eigenvalue weighted by molar-refractivity contribution is -0.159. The SMILES string of the molecule is C=CCCC(=O)NC[C@@H](C)OC(=O)[C@@H]1[C@H]2C(=O)N(CCCCO)[C@H](C(=O)N(CC=C)c3c(C)cccc3C)[C@]23CC[C@H]1O3. The summed E-state index contributed by atoms with van der Waals surface area (Å²) in [7, 11) is 0. The van der Waals surface area contributed by atoms with Gasteiger partial charge < -0.3 is 29.7 Å². The molecule has 3 heterocycles. The molecule has 2 N–H and O–H groups in total. The van der Waals surface area contributed by atoms with Gasteiger partial charge in [-0.1, -0.05) is 30.4 Å². The van der Waals surface area contributed by atoms with Crippen LogP contribution in [-0.4, -0.2) is 83.8 Å². The van der Waals surface area contributed by atoms with E-state index in [4.69, 9.17) is 9.47 Å². The number of likely N-dealkylation sites (tertiary alicyclic amines) is 1. The summed E-state index contributed by atoms with van der Waals surface area (Å²) in [6.45, 7) is 13.7. The number of aliphatic hydroxyl groups is 1. The van der Waals surface area contributed by atoms with Crippen molar-refractivity contribution in [2.24, 2.45) is 11.8 Å². The van der Waals surface area contributed by atoms with Gasteiger partial charge in [0, 0.05) is 31.8 Å². The van der Waals surface area contributed by atoms with Gasteiger partial charge in [0.25, 0.3) is 5.91 Å². The van der Waals surface area contributed by atoms with Crippen molar-refractivity contribution in [3.05, 3.63) is 54.6 Å². The molecule has 0 saturated carbocycles. The number of aryl methyl sites for hydroxylation is 2. The molecule has 3 aliphatic rings. The molecular formula is C33H45N3O7. The number of fused-ring (bicyclic) bond motifs is 1. The fourth-order valence-corrected chi connectivity index (χ4v) is 7.03. The van der Waals surface area contributed by atoms with Crippen molar-refractivity contribution in [3.63, 3.8) is 0 Å². The predicted octanol–water partition coefficient (Wildman–Crippen LogP) is 2.98. The van der Waals surface area contributed by atoms with Gasteiger partial charge in [0.15, 0.2) is 0 Å². The van der Waals surface area contributed by atoms with Crippen molar-refractivity contribution in [2.75, 3.05) is 31.1 Å². The number of amides is 3. The second-order valence-corrected chi connectivity index (χ2v) is 11.9. The molecule has 6 atom stereocenters. The molecule has 0 unspecified atom stereocenters. The normalized spacial score (nSPS) is 26.1. The zero-order valence-corrected chi connectivity index (χ0v) is 25.5. The van der Waals surface area contributed by atoms with Gasteiger partial charge in [-0.05, 0) is 64.0 Å². The van der Waals surface area contributed by atoms with Gasteiger partial charge in [0.2, 0.25) is 11.8 Å². The minimum atomic E-state index is -1.17. The Morgan fingerprint density at radius 2 is 1.95 bits per heavy atom. The standard InChI is InChI=1S/C33H45N3O7/c1-6-8-14-25(38)34-20-23(5)42-32(41)26-24-15-16-33(43-24)27(26)30(39)36(18-9-10-19-37)29(33)31(40)35(17-7-2)28-21(3)12-11-13-22(28)4/h6-7,11-13,23-24,26-27,29,37H,1-2,8-10,14-20H2,3-5H3,(H,34,38)/t23-,24-,26+,27+,29-,33+/m1/s1. The molecule has 1 aromatic rings. The number of carbonyl (C=O) groups excluding carboxylic acids is 4. The number of benzene rings is 1. The van der Waals surface area contributed by atoms with E-state index in [1.807, 2.05) is 32.0 Å². The quantitative estimate of drug-likeness (QED) is 0.181. The number of carbonyl (C=O) groups is 4. The summed E-state index contributed by atoms with van der Waals surface area (Å²) in [6.07, 6.45) is 4.98. The third-order valence-electron chi connectivity index (χ3n) is 8.88. The largest absolute Gasteiger partial charge is 0.460 e. The molecule has 4 rings (SSSR count). The van der Waals surface area contributed by atoms with E-state index < -0.39 is 41.7 Å². The molecular weight excluding hydrogens is 550 g/mol. The van der Waals surface area contributed by atoms with E-state index in [1.165, 1.54) is 0 Å². The number of unbranched alkanes of at least 4 members (excludes halogenated alkanes) is 1. The van der Waals surface area contributed by atoms with Gasteiger partial charge >= 0.3 is 5.97 Å². The molecule has 10 nitrogen and oxygen atoms in total. The fourth-order valence-electron chi connectivity index (χ4n) is 7.03. The first-order chi connectivity index (χ1) is 20.6. The lowest BCUT2D eigenvalue weighted by atomic mass is 9.70. The molecule has 3 saturated heterocycles. The van der Waals surface area contributed by atoms with Gasteiger partial charge in [-0.25, -0.2) is 0 Å². The number of para-hydroxylation sites is 1. The van der Waals surface area contributed by atoms with E-state index in [0.717, 1.165) is 16.8 Å². The van der Waals surface area contributed by atoms with Crippen LogP contribution in [0.4, 0.5) is 5.69 Å². The van der Waals surface area contributed by atoms with Crippen molar-refractivity contribution in [1.29, 1.82) is 0 Å². The zero-order chi connectivity index (χ0) is 31.3. The summed E-state index contributed by atoms with van der Waals surface area (Å²) in [5.41, 5.74) is 1.44. The number of nitrogens with one attached hydrogen (secondary N) is 1. The Morgan fingerprint density at radius 1 is 1.23 bits per heavy atom. The molecule has 3 amide bonds. The Morgan fingerprint density at radius 3 is 2.60 bits per heavy atom. The van der Waals surface area contributed by atoms with E-state index >= 15 is 0 Å². The van der Waals surface area contributed by atoms with Gasteiger partial charge in [-0.15, -0.1) is 13.2 Å². The Bertz CT molecular complexity index is 1230. The second kappa shape index (κ2) is 13.9. The van der Waals surface area contributed by atoms with Crippen molar-refractivity contribution in [3.8, 4) is 0 Å². The summed E-state index contributed by atoms with van der Waals surface area (Å²) in [4.78, 5) is 57.6. The third-order valence-corrected chi connectivity index (χ3v) is 8.88. The molecule has 10 heteroatoms. The Balaban J connectivity index is 1.62. The molecule has 3 fully saturated rings. The highest BCUT2D eigenvalue weighted by Crippen LogP contribution is 2.59. The highest BCUT2D eigenvalue weighted by molar-refractivity contribution is 6.05. The molecule has 3 aliphatic heterocycles. The highest BCUT2D eigenvalue weighted by atomic mass is 16.6. The lowest BCUT2D eigenvalue weighted by Gasteiger charge is -2.37. The lowest BCUT2D eigenvalue weighted by Crippen LogP contribution is -2.56. The first-order valence-electron chi connectivity index (χ1n) is 15.3. The van der Waals surface area contributed by atoms with Crippen LogP contribution in [0.3, 0.4) is 0 Å². The second-order valence-electron chi connectivity index (χ2n) is 11.9. The molecule has 43 heavy (non-hydrogen) atoms. The Labute approximate surface area is 254 Å². The van der Waals surface area contributed by atoms with E-state index in [0.29, 0.717) is 38.5 Å². The van der Waals surface area contributed by atoms with Crippen LogP contribution in [0.5, 0.6) is 0 Å². The average molecular weight is 596 g/mol. The number of hydrogen-bond acceptors (Lipinski definition) is 7. The van der Waals surface area contributed by atoms with Gasteiger partial charge in [0.1, 0.15) is 17.7 Å². The van der Waals surface area contributed by atoms with Crippen LogP contribution in [0.15, 0.2) is 43.5 Å². The number of anilines is 1.